The maximum Gasteiger partial charge on any atom is 0.251 e. The second kappa shape index (κ2) is 9.11. The molecule has 4 aromatic rings. The molecule has 0 spiro atoms. The Morgan fingerprint density at radius 1 is 0.970 bits per heavy atom. The van der Waals surface area contributed by atoms with Crippen molar-refractivity contribution in [3.63, 3.8) is 0 Å². The van der Waals surface area contributed by atoms with E-state index in [1.165, 1.54) is 17.2 Å². The summed E-state index contributed by atoms with van der Waals surface area (Å²) in [5, 5.41) is 3.74. The average molecular weight is 460 g/mol. The van der Waals surface area contributed by atoms with Gasteiger partial charge in [-0.3, -0.25) is 14.8 Å². The molecule has 0 aliphatic heterocycles. The van der Waals surface area contributed by atoms with Gasteiger partial charge in [0, 0.05) is 35.5 Å². The van der Waals surface area contributed by atoms with Crippen LogP contribution in [0.2, 0.25) is 0 Å². The van der Waals surface area contributed by atoms with Gasteiger partial charge in [-0.05, 0) is 55.3 Å². The Kier molecular flexibility index (Phi) is 6.24. The van der Waals surface area contributed by atoms with Crippen LogP contribution in [0.25, 0.3) is 10.9 Å². The molecule has 1 amide bonds. The number of nitrogens with zero attached hydrogens (tertiary/aromatic N) is 2. The summed E-state index contributed by atoms with van der Waals surface area (Å²) in [4.78, 5) is 22.0. The lowest BCUT2D eigenvalue weighted by Gasteiger charge is -2.09. The highest BCUT2D eigenvalue weighted by atomic mass is 32.2. The van der Waals surface area contributed by atoms with Crippen molar-refractivity contribution >= 4 is 26.6 Å². The zero-order valence-electron chi connectivity index (χ0n) is 18.8. The quantitative estimate of drug-likeness (QED) is 0.467. The summed E-state index contributed by atoms with van der Waals surface area (Å²) >= 11 is 0. The van der Waals surface area contributed by atoms with E-state index in [0.717, 1.165) is 29.3 Å². The number of carbonyl (C=O) groups is 1. The third-order valence-corrected chi connectivity index (χ3v) is 6.67. The van der Waals surface area contributed by atoms with Crippen molar-refractivity contribution in [3.05, 3.63) is 101 Å². The number of aromatic nitrogens is 2. The minimum atomic E-state index is -3.41. The molecule has 0 aliphatic rings. The van der Waals surface area contributed by atoms with Crippen LogP contribution in [0.1, 0.15) is 38.4 Å². The molecule has 0 saturated heterocycles. The molecule has 0 unspecified atom stereocenters. The maximum atomic E-state index is 12.6. The van der Waals surface area contributed by atoms with Crippen LogP contribution in [0, 0.1) is 13.8 Å². The van der Waals surface area contributed by atoms with Gasteiger partial charge in [0.05, 0.1) is 22.7 Å². The Balaban J connectivity index is 1.50. The third kappa shape index (κ3) is 5.43. The SMILES string of the molecule is Cc1cccc(Cc2ccc3cnc(CNC(=O)c4ccc(C)c(S(C)(=O)=O)c4)cc3n2)c1. The second-order valence-corrected chi connectivity index (χ2v) is 10.3. The molecule has 1 N–H and O–H groups in total. The van der Waals surface area contributed by atoms with Crippen LogP contribution in [0.5, 0.6) is 0 Å². The van der Waals surface area contributed by atoms with E-state index in [1.54, 1.807) is 25.3 Å². The Hall–Kier alpha value is -3.58. The highest BCUT2D eigenvalue weighted by Gasteiger charge is 2.15. The summed E-state index contributed by atoms with van der Waals surface area (Å²) in [6.45, 7) is 3.99. The summed E-state index contributed by atoms with van der Waals surface area (Å²) in [5.41, 5.74) is 5.77. The highest BCUT2D eigenvalue weighted by Crippen LogP contribution is 2.18. The molecule has 0 fully saturated rings. The molecule has 2 heterocycles. The first-order chi connectivity index (χ1) is 15.7. The number of nitrogens with one attached hydrogen (secondary N) is 1. The Labute approximate surface area is 193 Å². The zero-order valence-corrected chi connectivity index (χ0v) is 19.6. The molecule has 0 saturated carbocycles. The largest absolute Gasteiger partial charge is 0.346 e. The molecule has 168 valence electrons. The standard InChI is InChI=1S/C26H25N3O3S/c1-17-5-4-6-19(11-17)12-22-10-9-21-15-27-23(14-24(21)29-22)16-28-26(30)20-8-7-18(2)25(13-20)33(3,31)32/h4-11,13-15H,12,16H2,1-3H3,(H,28,30). The predicted molar refractivity (Wildman–Crippen MR) is 129 cm³/mol. The number of hydrogen-bond donors (Lipinski definition) is 1. The molecule has 0 radical (unpaired) electrons. The summed E-state index contributed by atoms with van der Waals surface area (Å²) in [7, 11) is -3.41. The van der Waals surface area contributed by atoms with Crippen LogP contribution in [0.4, 0.5) is 0 Å². The van der Waals surface area contributed by atoms with E-state index in [-0.39, 0.29) is 17.3 Å². The lowest BCUT2D eigenvalue weighted by atomic mass is 10.1. The fraction of sp³-hybridized carbons (Fsp3) is 0.192. The van der Waals surface area contributed by atoms with Gasteiger partial charge in [0.1, 0.15) is 0 Å². The lowest BCUT2D eigenvalue weighted by Crippen LogP contribution is -2.23. The predicted octanol–water partition coefficient (Wildman–Crippen LogP) is 4.17. The van der Waals surface area contributed by atoms with Crippen LogP contribution in [0.15, 0.2) is 71.8 Å². The zero-order chi connectivity index (χ0) is 23.6. The summed E-state index contributed by atoms with van der Waals surface area (Å²) < 4.78 is 23.9. The van der Waals surface area contributed by atoms with Gasteiger partial charge >= 0.3 is 0 Å². The van der Waals surface area contributed by atoms with Crippen LogP contribution >= 0.6 is 0 Å². The van der Waals surface area contributed by atoms with Gasteiger partial charge in [0.2, 0.25) is 0 Å². The van der Waals surface area contributed by atoms with Crippen LogP contribution < -0.4 is 5.32 Å². The third-order valence-electron chi connectivity index (χ3n) is 5.44. The maximum absolute atomic E-state index is 12.6. The topological polar surface area (TPSA) is 89.0 Å². The van der Waals surface area contributed by atoms with Crippen molar-refractivity contribution in [3.8, 4) is 0 Å². The number of carbonyl (C=O) groups excluding carboxylic acids is 1. The van der Waals surface area contributed by atoms with Gasteiger partial charge in [0.15, 0.2) is 9.84 Å². The first-order valence-corrected chi connectivity index (χ1v) is 12.5. The van der Waals surface area contributed by atoms with Crippen LogP contribution in [-0.2, 0) is 22.8 Å². The normalized spacial score (nSPS) is 11.5. The molecule has 0 aliphatic carbocycles. The first kappa shape index (κ1) is 22.6. The molecular formula is C26H25N3O3S. The molecular weight excluding hydrogens is 434 g/mol. The van der Waals surface area contributed by atoms with Crippen molar-refractivity contribution in [2.45, 2.75) is 31.7 Å². The number of benzene rings is 2. The van der Waals surface area contributed by atoms with Gasteiger partial charge in [-0.25, -0.2) is 8.42 Å². The Bertz CT molecular complexity index is 1460. The molecule has 0 bridgehead atoms. The molecule has 33 heavy (non-hydrogen) atoms. The number of sulfone groups is 1. The molecule has 2 aromatic heterocycles. The minimum absolute atomic E-state index is 0.157. The van der Waals surface area contributed by atoms with Gasteiger partial charge in [-0.2, -0.15) is 0 Å². The summed E-state index contributed by atoms with van der Waals surface area (Å²) in [5.74, 6) is -0.358. The second-order valence-electron chi connectivity index (χ2n) is 8.27. The molecule has 7 heteroatoms. The monoisotopic (exact) mass is 459 g/mol. The van der Waals surface area contributed by atoms with E-state index in [0.29, 0.717) is 16.8 Å². The molecule has 0 atom stereocenters. The van der Waals surface area contributed by atoms with E-state index >= 15 is 0 Å². The lowest BCUT2D eigenvalue weighted by molar-refractivity contribution is 0.0950. The van der Waals surface area contributed by atoms with Crippen molar-refractivity contribution in [1.29, 1.82) is 0 Å². The van der Waals surface area contributed by atoms with E-state index in [1.807, 2.05) is 24.3 Å². The minimum Gasteiger partial charge on any atom is -0.346 e. The number of aryl methyl sites for hydroxylation is 2. The summed E-state index contributed by atoms with van der Waals surface area (Å²) in [6, 6.07) is 18.9. The number of pyridine rings is 2. The fourth-order valence-corrected chi connectivity index (χ4v) is 4.73. The first-order valence-electron chi connectivity index (χ1n) is 10.6. The molecule has 6 nitrogen and oxygen atoms in total. The van der Waals surface area contributed by atoms with Crippen LogP contribution in [0.3, 0.4) is 0 Å². The van der Waals surface area contributed by atoms with Crippen LogP contribution in [-0.4, -0.2) is 30.5 Å². The van der Waals surface area contributed by atoms with E-state index < -0.39 is 9.84 Å². The van der Waals surface area contributed by atoms with Crippen molar-refractivity contribution in [2.75, 3.05) is 6.26 Å². The highest BCUT2D eigenvalue weighted by molar-refractivity contribution is 7.90. The molecule has 4 rings (SSSR count). The Morgan fingerprint density at radius 3 is 2.55 bits per heavy atom. The smallest absolute Gasteiger partial charge is 0.251 e. The Morgan fingerprint density at radius 2 is 1.79 bits per heavy atom. The van der Waals surface area contributed by atoms with Crippen molar-refractivity contribution in [1.82, 2.24) is 15.3 Å². The van der Waals surface area contributed by atoms with E-state index in [2.05, 4.69) is 35.4 Å². The number of amides is 1. The fourth-order valence-electron chi connectivity index (χ4n) is 3.74. The molecule has 2 aromatic carbocycles. The number of rotatable bonds is 6. The van der Waals surface area contributed by atoms with E-state index in [9.17, 15) is 13.2 Å². The van der Waals surface area contributed by atoms with Gasteiger partial charge in [-0.1, -0.05) is 35.9 Å². The van der Waals surface area contributed by atoms with Crippen molar-refractivity contribution in [2.24, 2.45) is 0 Å². The number of fused-ring (bicyclic) bond motifs is 1. The summed E-state index contributed by atoms with van der Waals surface area (Å²) in [6.07, 6.45) is 3.62. The number of hydrogen-bond acceptors (Lipinski definition) is 5. The van der Waals surface area contributed by atoms with Gasteiger partial charge < -0.3 is 5.32 Å². The van der Waals surface area contributed by atoms with E-state index in [4.69, 9.17) is 4.98 Å². The van der Waals surface area contributed by atoms with Gasteiger partial charge in [-0.15, -0.1) is 0 Å². The van der Waals surface area contributed by atoms with Crippen molar-refractivity contribution < 1.29 is 13.2 Å². The average Bonchev–Trinajstić information content (AvgIpc) is 2.76. The van der Waals surface area contributed by atoms with Gasteiger partial charge in [0.25, 0.3) is 5.91 Å².